The Morgan fingerprint density at radius 2 is 2.00 bits per heavy atom. The zero-order chi connectivity index (χ0) is 10.4. The van der Waals surface area contributed by atoms with E-state index >= 15 is 0 Å². The molecule has 0 fully saturated rings. The highest BCUT2D eigenvalue weighted by Crippen LogP contribution is 2.17. The summed E-state index contributed by atoms with van der Waals surface area (Å²) in [6.45, 7) is 4.72. The molecule has 2 heteroatoms. The van der Waals surface area contributed by atoms with Crippen molar-refractivity contribution in [3.8, 4) is 0 Å². The van der Waals surface area contributed by atoms with E-state index in [0.717, 1.165) is 0 Å². The zero-order valence-electron chi connectivity index (χ0n) is 8.79. The third kappa shape index (κ3) is 3.21. The number of carbonyl (C=O) groups is 1. The van der Waals surface area contributed by atoms with E-state index in [4.69, 9.17) is 0 Å². The molecule has 0 saturated carbocycles. The molecule has 1 amide bonds. The van der Waals surface area contributed by atoms with E-state index in [1.807, 2.05) is 25.1 Å². The van der Waals surface area contributed by atoms with Gasteiger partial charge in [-0.3, -0.25) is 4.79 Å². The molecule has 1 atom stereocenters. The van der Waals surface area contributed by atoms with Gasteiger partial charge in [-0.15, -0.1) is 0 Å². The summed E-state index contributed by atoms with van der Waals surface area (Å²) in [6, 6.07) is 10.1. The maximum Gasteiger partial charge on any atom is 0.220 e. The molecule has 2 nitrogen and oxygen atoms in total. The average Bonchev–Trinajstić information content (AvgIpc) is 2.19. The van der Waals surface area contributed by atoms with Crippen LogP contribution in [0.25, 0.3) is 0 Å². The summed E-state index contributed by atoms with van der Waals surface area (Å²) < 4.78 is 0. The van der Waals surface area contributed by atoms with E-state index in [2.05, 4.69) is 24.4 Å². The van der Waals surface area contributed by atoms with Gasteiger partial charge in [0.05, 0.1) is 0 Å². The first kappa shape index (κ1) is 10.8. The lowest BCUT2D eigenvalue weighted by Gasteiger charge is -2.10. The van der Waals surface area contributed by atoms with Crippen LogP contribution in [0, 0.1) is 0 Å². The lowest BCUT2D eigenvalue weighted by molar-refractivity contribution is -0.121. The Labute approximate surface area is 85.3 Å². The van der Waals surface area contributed by atoms with Crippen molar-refractivity contribution in [1.82, 2.24) is 5.32 Å². The van der Waals surface area contributed by atoms with Crippen LogP contribution in [0.1, 0.15) is 31.7 Å². The van der Waals surface area contributed by atoms with Crippen LogP contribution < -0.4 is 5.32 Å². The van der Waals surface area contributed by atoms with Crippen LogP contribution in [0.15, 0.2) is 30.3 Å². The summed E-state index contributed by atoms with van der Waals surface area (Å²) in [6.07, 6.45) is 0.567. The van der Waals surface area contributed by atoms with E-state index in [1.165, 1.54) is 5.56 Å². The predicted octanol–water partition coefficient (Wildman–Crippen LogP) is 2.32. The second-order valence-corrected chi connectivity index (χ2v) is 3.47. The first-order chi connectivity index (χ1) is 6.74. The van der Waals surface area contributed by atoms with Gasteiger partial charge in [0.2, 0.25) is 5.91 Å². The van der Waals surface area contributed by atoms with Crippen molar-refractivity contribution in [3.63, 3.8) is 0 Å². The van der Waals surface area contributed by atoms with Crippen LogP contribution in [-0.4, -0.2) is 12.5 Å². The van der Waals surface area contributed by atoms with Crippen molar-refractivity contribution in [2.24, 2.45) is 0 Å². The van der Waals surface area contributed by atoms with Crippen molar-refractivity contribution < 1.29 is 4.79 Å². The minimum atomic E-state index is 0.129. The number of benzene rings is 1. The van der Waals surface area contributed by atoms with Gasteiger partial charge in [-0.2, -0.15) is 0 Å². The van der Waals surface area contributed by atoms with Crippen LogP contribution in [0.4, 0.5) is 0 Å². The number of nitrogens with one attached hydrogen (secondary N) is 1. The standard InChI is InChI=1S/C12H17NO/c1-3-13-12(14)9-10(2)11-7-5-4-6-8-11/h4-8,10H,3,9H2,1-2H3,(H,13,14)/t10-/m0/s1. The molecule has 1 rings (SSSR count). The van der Waals surface area contributed by atoms with Crippen LogP contribution in [0.2, 0.25) is 0 Å². The SMILES string of the molecule is CCNC(=O)C[C@H](C)c1ccccc1. The summed E-state index contributed by atoms with van der Waals surface area (Å²) in [7, 11) is 0. The fraction of sp³-hybridized carbons (Fsp3) is 0.417. The summed E-state index contributed by atoms with van der Waals surface area (Å²) in [5, 5.41) is 2.81. The number of carbonyl (C=O) groups excluding carboxylic acids is 1. The largest absolute Gasteiger partial charge is 0.356 e. The third-order valence-electron chi connectivity index (χ3n) is 2.23. The average molecular weight is 191 g/mol. The molecule has 1 N–H and O–H groups in total. The van der Waals surface area contributed by atoms with E-state index in [9.17, 15) is 4.79 Å². The smallest absolute Gasteiger partial charge is 0.220 e. The van der Waals surface area contributed by atoms with E-state index in [-0.39, 0.29) is 5.91 Å². The predicted molar refractivity (Wildman–Crippen MR) is 58.2 cm³/mol. The van der Waals surface area contributed by atoms with Gasteiger partial charge in [0.15, 0.2) is 0 Å². The Balaban J connectivity index is 2.50. The number of hydrogen-bond donors (Lipinski definition) is 1. The molecule has 0 aliphatic heterocycles. The summed E-state index contributed by atoms with van der Waals surface area (Å²) in [5.74, 6) is 0.423. The van der Waals surface area contributed by atoms with E-state index in [1.54, 1.807) is 0 Å². The maximum atomic E-state index is 11.3. The molecule has 1 aromatic carbocycles. The fourth-order valence-corrected chi connectivity index (χ4v) is 1.45. The van der Waals surface area contributed by atoms with Gasteiger partial charge in [0.1, 0.15) is 0 Å². The van der Waals surface area contributed by atoms with Crippen LogP contribution in [-0.2, 0) is 4.79 Å². The number of hydrogen-bond acceptors (Lipinski definition) is 1. The Bertz CT molecular complexity index is 282. The van der Waals surface area contributed by atoms with Crippen molar-refractivity contribution in [1.29, 1.82) is 0 Å². The van der Waals surface area contributed by atoms with Crippen LogP contribution in [0.5, 0.6) is 0 Å². The van der Waals surface area contributed by atoms with Gasteiger partial charge in [-0.1, -0.05) is 37.3 Å². The Morgan fingerprint density at radius 3 is 2.57 bits per heavy atom. The molecule has 0 aromatic heterocycles. The van der Waals surface area contributed by atoms with Gasteiger partial charge in [0.25, 0.3) is 0 Å². The molecule has 0 aliphatic carbocycles. The molecule has 0 unspecified atom stereocenters. The molecule has 0 spiro atoms. The molecule has 0 bridgehead atoms. The molecule has 0 saturated heterocycles. The van der Waals surface area contributed by atoms with Crippen molar-refractivity contribution in [2.75, 3.05) is 6.54 Å². The highest BCUT2D eigenvalue weighted by atomic mass is 16.1. The Kier molecular flexibility index (Phi) is 4.17. The Morgan fingerprint density at radius 1 is 1.36 bits per heavy atom. The van der Waals surface area contributed by atoms with Gasteiger partial charge in [-0.05, 0) is 18.4 Å². The highest BCUT2D eigenvalue weighted by Gasteiger charge is 2.09. The van der Waals surface area contributed by atoms with E-state index < -0.39 is 0 Å². The van der Waals surface area contributed by atoms with Gasteiger partial charge in [0, 0.05) is 13.0 Å². The number of rotatable bonds is 4. The van der Waals surface area contributed by atoms with Crippen molar-refractivity contribution in [3.05, 3.63) is 35.9 Å². The fourth-order valence-electron chi connectivity index (χ4n) is 1.45. The monoisotopic (exact) mass is 191 g/mol. The molecule has 0 aliphatic rings. The zero-order valence-corrected chi connectivity index (χ0v) is 8.79. The summed E-state index contributed by atoms with van der Waals surface area (Å²) in [5.41, 5.74) is 1.22. The molecule has 0 heterocycles. The van der Waals surface area contributed by atoms with Crippen molar-refractivity contribution >= 4 is 5.91 Å². The van der Waals surface area contributed by atoms with Gasteiger partial charge >= 0.3 is 0 Å². The second-order valence-electron chi connectivity index (χ2n) is 3.47. The van der Waals surface area contributed by atoms with Crippen LogP contribution >= 0.6 is 0 Å². The Hall–Kier alpha value is -1.31. The molecular formula is C12H17NO. The molecule has 76 valence electrons. The molecular weight excluding hydrogens is 174 g/mol. The molecule has 0 radical (unpaired) electrons. The highest BCUT2D eigenvalue weighted by molar-refractivity contribution is 5.76. The van der Waals surface area contributed by atoms with Gasteiger partial charge < -0.3 is 5.32 Å². The van der Waals surface area contributed by atoms with Crippen molar-refractivity contribution in [2.45, 2.75) is 26.2 Å². The molecule has 14 heavy (non-hydrogen) atoms. The number of amides is 1. The second kappa shape index (κ2) is 5.43. The minimum Gasteiger partial charge on any atom is -0.356 e. The molecule has 1 aromatic rings. The maximum absolute atomic E-state index is 11.3. The van der Waals surface area contributed by atoms with Crippen LogP contribution in [0.3, 0.4) is 0 Å². The normalized spacial score (nSPS) is 12.1. The third-order valence-corrected chi connectivity index (χ3v) is 2.23. The summed E-state index contributed by atoms with van der Waals surface area (Å²) >= 11 is 0. The van der Waals surface area contributed by atoms with E-state index in [0.29, 0.717) is 18.9 Å². The lowest BCUT2D eigenvalue weighted by Crippen LogP contribution is -2.23. The quantitative estimate of drug-likeness (QED) is 0.777. The van der Waals surface area contributed by atoms with Gasteiger partial charge in [-0.25, -0.2) is 0 Å². The topological polar surface area (TPSA) is 29.1 Å². The lowest BCUT2D eigenvalue weighted by atomic mass is 9.98. The first-order valence-electron chi connectivity index (χ1n) is 5.05. The minimum absolute atomic E-state index is 0.129. The first-order valence-corrected chi connectivity index (χ1v) is 5.05. The summed E-state index contributed by atoms with van der Waals surface area (Å²) in [4.78, 5) is 11.3.